The van der Waals surface area contributed by atoms with Crippen LogP contribution in [0.2, 0.25) is 0 Å². The topological polar surface area (TPSA) is 98.7 Å². The van der Waals surface area contributed by atoms with Gasteiger partial charge in [-0.15, -0.1) is 0 Å². The van der Waals surface area contributed by atoms with Gasteiger partial charge in [-0.2, -0.15) is 0 Å². The summed E-state index contributed by atoms with van der Waals surface area (Å²) >= 11 is 0. The Morgan fingerprint density at radius 1 is 1.31 bits per heavy atom. The third-order valence-electron chi connectivity index (χ3n) is 3.81. The number of rotatable bonds is 9. The highest BCUT2D eigenvalue weighted by atomic mass is 16.6. The number of nitrogens with zero attached hydrogens (tertiary/aromatic N) is 1. The Kier molecular flexibility index (Phi) is 19.4. The van der Waals surface area contributed by atoms with E-state index in [9.17, 15) is 4.79 Å². The van der Waals surface area contributed by atoms with Crippen molar-refractivity contribution in [1.29, 1.82) is 0 Å². The highest BCUT2D eigenvalue weighted by Crippen LogP contribution is 2.16. The molecular formula is C23H37N3O3. The second-order valence-electron chi connectivity index (χ2n) is 6.06. The van der Waals surface area contributed by atoms with E-state index >= 15 is 0 Å². The van der Waals surface area contributed by atoms with Crippen LogP contribution in [0.1, 0.15) is 33.6 Å². The van der Waals surface area contributed by atoms with E-state index in [-0.39, 0.29) is 12.5 Å². The van der Waals surface area contributed by atoms with Gasteiger partial charge in [-0.1, -0.05) is 81.2 Å². The van der Waals surface area contributed by atoms with E-state index < -0.39 is 6.09 Å². The Balaban J connectivity index is 0. The SMILES string of the molecule is C=C/C=C(/C)C=C.CCCN(CC)CC(OC(N)=O)C1=CC=CC=CC1.NC=O. The van der Waals surface area contributed by atoms with Crippen molar-refractivity contribution in [3.05, 3.63) is 72.9 Å². The Labute approximate surface area is 176 Å². The molecule has 0 heterocycles. The molecule has 0 fully saturated rings. The van der Waals surface area contributed by atoms with Crippen molar-refractivity contribution >= 4 is 12.5 Å². The zero-order valence-corrected chi connectivity index (χ0v) is 18.0. The molecule has 6 heteroatoms. The van der Waals surface area contributed by atoms with Crippen LogP contribution in [0.5, 0.6) is 0 Å². The van der Waals surface area contributed by atoms with Gasteiger partial charge in [0.05, 0.1) is 0 Å². The molecule has 0 radical (unpaired) electrons. The lowest BCUT2D eigenvalue weighted by atomic mass is 10.1. The van der Waals surface area contributed by atoms with Gasteiger partial charge in [-0.3, -0.25) is 9.69 Å². The molecule has 0 saturated heterocycles. The molecule has 0 saturated carbocycles. The minimum absolute atomic E-state index is 0.250. The maximum absolute atomic E-state index is 11.1. The molecule has 1 aliphatic carbocycles. The predicted octanol–water partition coefficient (Wildman–Crippen LogP) is 4.03. The van der Waals surface area contributed by atoms with E-state index in [0.29, 0.717) is 6.54 Å². The third-order valence-corrected chi connectivity index (χ3v) is 3.81. The number of carbonyl (C=O) groups excluding carboxylic acids is 2. The molecule has 1 atom stereocenters. The molecule has 1 unspecified atom stereocenters. The summed E-state index contributed by atoms with van der Waals surface area (Å²) < 4.78 is 5.29. The molecule has 4 N–H and O–H groups in total. The first-order chi connectivity index (χ1) is 13.9. The van der Waals surface area contributed by atoms with Gasteiger partial charge in [0.25, 0.3) is 0 Å². The van der Waals surface area contributed by atoms with Crippen LogP contribution in [0.15, 0.2) is 72.9 Å². The van der Waals surface area contributed by atoms with Crippen molar-refractivity contribution in [3.63, 3.8) is 0 Å². The van der Waals surface area contributed by atoms with Gasteiger partial charge in [-0.05, 0) is 38.4 Å². The average molecular weight is 404 g/mol. The number of nitrogens with two attached hydrogens (primary N) is 2. The zero-order valence-electron chi connectivity index (χ0n) is 18.0. The molecule has 162 valence electrons. The van der Waals surface area contributed by atoms with Crippen molar-refractivity contribution < 1.29 is 14.3 Å². The summed E-state index contributed by atoms with van der Waals surface area (Å²) in [5.74, 6) is 0. The molecule has 0 spiro atoms. The number of carbonyl (C=O) groups is 2. The zero-order chi connectivity index (χ0) is 22.5. The lowest BCUT2D eigenvalue weighted by molar-refractivity contribution is -0.106. The summed E-state index contributed by atoms with van der Waals surface area (Å²) in [6.07, 6.45) is 16.6. The number of likely N-dealkylation sites (N-methyl/N-ethyl adjacent to an activating group) is 1. The van der Waals surface area contributed by atoms with Gasteiger partial charge in [0.1, 0.15) is 6.10 Å². The smallest absolute Gasteiger partial charge is 0.405 e. The van der Waals surface area contributed by atoms with E-state index in [1.54, 1.807) is 12.2 Å². The van der Waals surface area contributed by atoms with Crippen molar-refractivity contribution in [1.82, 2.24) is 4.90 Å². The van der Waals surface area contributed by atoms with Gasteiger partial charge < -0.3 is 16.2 Å². The number of allylic oxidation sites excluding steroid dienone is 9. The average Bonchev–Trinajstić information content (AvgIpc) is 2.97. The summed E-state index contributed by atoms with van der Waals surface area (Å²) in [6, 6.07) is 0. The maximum Gasteiger partial charge on any atom is 0.405 e. The first-order valence-electron chi connectivity index (χ1n) is 9.67. The van der Waals surface area contributed by atoms with Crippen LogP contribution < -0.4 is 11.5 Å². The molecule has 0 aromatic heterocycles. The fraction of sp³-hybridized carbons (Fsp3) is 0.391. The second kappa shape index (κ2) is 19.9. The van der Waals surface area contributed by atoms with Crippen molar-refractivity contribution in [2.45, 2.75) is 39.7 Å². The first kappa shape index (κ1) is 28.4. The van der Waals surface area contributed by atoms with Crippen LogP contribution in [0.4, 0.5) is 4.79 Å². The van der Waals surface area contributed by atoms with Crippen LogP contribution in [0.25, 0.3) is 0 Å². The van der Waals surface area contributed by atoms with E-state index in [2.05, 4.69) is 43.7 Å². The van der Waals surface area contributed by atoms with E-state index in [4.69, 9.17) is 15.3 Å². The highest BCUT2D eigenvalue weighted by molar-refractivity contribution is 5.65. The minimum Gasteiger partial charge on any atom is -0.440 e. The summed E-state index contributed by atoms with van der Waals surface area (Å²) in [7, 11) is 0. The Morgan fingerprint density at radius 3 is 2.41 bits per heavy atom. The molecule has 29 heavy (non-hydrogen) atoms. The van der Waals surface area contributed by atoms with Crippen LogP contribution in [-0.2, 0) is 9.53 Å². The van der Waals surface area contributed by atoms with Crippen LogP contribution >= 0.6 is 0 Å². The van der Waals surface area contributed by atoms with Crippen LogP contribution in [-0.4, -0.2) is 43.1 Å². The van der Waals surface area contributed by atoms with Gasteiger partial charge in [0.2, 0.25) is 6.41 Å². The number of primary amides is 2. The normalized spacial score (nSPS) is 13.5. The lowest BCUT2D eigenvalue weighted by Gasteiger charge is -2.27. The van der Waals surface area contributed by atoms with Gasteiger partial charge in [-0.25, -0.2) is 4.79 Å². The third kappa shape index (κ3) is 17.0. The van der Waals surface area contributed by atoms with Crippen molar-refractivity contribution in [2.75, 3.05) is 19.6 Å². The monoisotopic (exact) mass is 403 g/mol. The lowest BCUT2D eigenvalue weighted by Crippen LogP contribution is -2.37. The van der Waals surface area contributed by atoms with Crippen molar-refractivity contribution in [2.24, 2.45) is 11.5 Å². The Morgan fingerprint density at radius 2 is 1.97 bits per heavy atom. The first-order valence-corrected chi connectivity index (χ1v) is 9.67. The molecule has 0 aromatic rings. The number of ether oxygens (including phenoxy) is 1. The number of amides is 2. The summed E-state index contributed by atoms with van der Waals surface area (Å²) in [6.45, 7) is 15.9. The largest absolute Gasteiger partial charge is 0.440 e. The Bertz CT molecular complexity index is 604. The molecule has 0 bridgehead atoms. The van der Waals surface area contributed by atoms with E-state index in [1.165, 1.54) is 0 Å². The van der Waals surface area contributed by atoms with E-state index in [1.807, 2.05) is 37.3 Å². The fourth-order valence-electron chi connectivity index (χ4n) is 2.39. The van der Waals surface area contributed by atoms with Crippen LogP contribution in [0.3, 0.4) is 0 Å². The molecule has 0 aliphatic heterocycles. The molecule has 1 aliphatic rings. The molecule has 1 rings (SSSR count). The van der Waals surface area contributed by atoms with Gasteiger partial charge in [0.15, 0.2) is 0 Å². The van der Waals surface area contributed by atoms with Crippen molar-refractivity contribution in [3.8, 4) is 0 Å². The predicted molar refractivity (Wildman–Crippen MR) is 122 cm³/mol. The quantitative estimate of drug-likeness (QED) is 0.448. The van der Waals surface area contributed by atoms with Crippen LogP contribution in [0, 0.1) is 0 Å². The molecule has 0 aromatic carbocycles. The highest BCUT2D eigenvalue weighted by Gasteiger charge is 2.20. The fourth-order valence-corrected chi connectivity index (χ4v) is 2.39. The summed E-state index contributed by atoms with van der Waals surface area (Å²) in [5.41, 5.74) is 11.6. The molecule has 6 nitrogen and oxygen atoms in total. The Hall–Kier alpha value is -2.86. The van der Waals surface area contributed by atoms with Gasteiger partial charge in [0, 0.05) is 6.54 Å². The number of hydrogen-bond donors (Lipinski definition) is 2. The van der Waals surface area contributed by atoms with E-state index in [0.717, 1.165) is 37.1 Å². The molecular weight excluding hydrogens is 366 g/mol. The summed E-state index contributed by atoms with van der Waals surface area (Å²) in [4.78, 5) is 21.9. The minimum atomic E-state index is -0.712. The standard InChI is InChI=1S/C15H24N2O2.C7H10.CH3NO/c1-3-11-17(4-2)12-14(19-15(16)18)13-9-7-5-6-8-10-13;1-4-6-7(3)5-2;2-1-3/h5-9,14H,3-4,10-12H2,1-2H3,(H2,16,18);4-6H,1-2H2,3H3;1H,(H2,2,3)/b;7-6-;. The number of hydrogen-bond acceptors (Lipinski definition) is 4. The maximum atomic E-state index is 11.1. The molecule has 2 amide bonds. The second-order valence-corrected chi connectivity index (χ2v) is 6.06. The summed E-state index contributed by atoms with van der Waals surface area (Å²) in [5, 5.41) is 0. The van der Waals surface area contributed by atoms with Gasteiger partial charge >= 0.3 is 6.09 Å².